The molecule has 0 saturated carbocycles. The SMILES string of the molecule is CNC1(C)CCN(c2ncc([N+](=O)[O-])cn2)CC1. The molecule has 0 atom stereocenters. The van der Waals surface area contributed by atoms with Crippen molar-refractivity contribution in [3.63, 3.8) is 0 Å². The fourth-order valence-electron chi connectivity index (χ4n) is 2.02. The van der Waals surface area contributed by atoms with E-state index in [1.807, 2.05) is 7.05 Å². The van der Waals surface area contributed by atoms with Crippen LogP contribution in [0.15, 0.2) is 12.4 Å². The van der Waals surface area contributed by atoms with Crippen molar-refractivity contribution in [2.24, 2.45) is 0 Å². The van der Waals surface area contributed by atoms with Crippen molar-refractivity contribution >= 4 is 11.6 Å². The lowest BCUT2D eigenvalue weighted by Crippen LogP contribution is -2.50. The number of hydrogen-bond acceptors (Lipinski definition) is 6. The highest BCUT2D eigenvalue weighted by atomic mass is 16.6. The molecule has 7 heteroatoms. The molecule has 2 heterocycles. The van der Waals surface area contributed by atoms with Gasteiger partial charge in [-0.15, -0.1) is 0 Å². The summed E-state index contributed by atoms with van der Waals surface area (Å²) in [7, 11) is 1.97. The van der Waals surface area contributed by atoms with Crippen LogP contribution in [0.1, 0.15) is 19.8 Å². The zero-order chi connectivity index (χ0) is 13.2. The monoisotopic (exact) mass is 251 g/mol. The van der Waals surface area contributed by atoms with Gasteiger partial charge in [0.05, 0.1) is 4.92 Å². The van der Waals surface area contributed by atoms with Crippen LogP contribution in [-0.4, -0.2) is 40.6 Å². The van der Waals surface area contributed by atoms with Crippen molar-refractivity contribution in [3.05, 3.63) is 22.5 Å². The molecule has 7 nitrogen and oxygen atoms in total. The Morgan fingerprint density at radius 3 is 2.39 bits per heavy atom. The van der Waals surface area contributed by atoms with Gasteiger partial charge in [-0.1, -0.05) is 0 Å². The quantitative estimate of drug-likeness (QED) is 0.636. The summed E-state index contributed by atoms with van der Waals surface area (Å²) in [4.78, 5) is 20.2. The van der Waals surface area contributed by atoms with E-state index in [0.717, 1.165) is 25.9 Å². The number of nitro groups is 1. The summed E-state index contributed by atoms with van der Waals surface area (Å²) in [5.41, 5.74) is 0.0907. The van der Waals surface area contributed by atoms with Crippen LogP contribution in [0.4, 0.5) is 11.6 Å². The Hall–Kier alpha value is -1.76. The molecule has 0 unspecified atom stereocenters. The second-order valence-corrected chi connectivity index (χ2v) is 4.80. The van der Waals surface area contributed by atoms with Crippen molar-refractivity contribution in [2.75, 3.05) is 25.0 Å². The number of aromatic nitrogens is 2. The van der Waals surface area contributed by atoms with Gasteiger partial charge in [0.1, 0.15) is 12.4 Å². The first-order chi connectivity index (χ1) is 8.54. The van der Waals surface area contributed by atoms with E-state index in [0.29, 0.717) is 5.95 Å². The van der Waals surface area contributed by atoms with Crippen LogP contribution in [0.5, 0.6) is 0 Å². The summed E-state index contributed by atoms with van der Waals surface area (Å²) in [6.07, 6.45) is 4.52. The number of rotatable bonds is 3. The smallest absolute Gasteiger partial charge is 0.305 e. The number of nitrogens with zero attached hydrogens (tertiary/aromatic N) is 4. The van der Waals surface area contributed by atoms with Gasteiger partial charge >= 0.3 is 5.69 Å². The fourth-order valence-corrected chi connectivity index (χ4v) is 2.02. The molecule has 0 amide bonds. The predicted octanol–water partition coefficient (Wildman–Crippen LogP) is 0.963. The van der Waals surface area contributed by atoms with E-state index < -0.39 is 4.92 Å². The van der Waals surface area contributed by atoms with Gasteiger partial charge < -0.3 is 10.2 Å². The normalized spacial score (nSPS) is 18.7. The Morgan fingerprint density at radius 1 is 1.39 bits per heavy atom. The van der Waals surface area contributed by atoms with Gasteiger partial charge in [-0.05, 0) is 26.8 Å². The third-order valence-corrected chi connectivity index (χ3v) is 3.59. The lowest BCUT2D eigenvalue weighted by molar-refractivity contribution is -0.385. The van der Waals surface area contributed by atoms with Gasteiger partial charge in [-0.3, -0.25) is 10.1 Å². The van der Waals surface area contributed by atoms with Crippen molar-refractivity contribution in [1.82, 2.24) is 15.3 Å². The molecule has 1 saturated heterocycles. The van der Waals surface area contributed by atoms with E-state index in [1.54, 1.807) is 0 Å². The van der Waals surface area contributed by atoms with Gasteiger partial charge in [-0.25, -0.2) is 9.97 Å². The summed E-state index contributed by atoms with van der Waals surface area (Å²) in [6.45, 7) is 3.91. The molecule has 1 aromatic heterocycles. The van der Waals surface area contributed by atoms with Crippen LogP contribution >= 0.6 is 0 Å². The molecule has 1 aliphatic rings. The Bertz CT molecular complexity index is 426. The molecule has 0 aliphatic carbocycles. The minimum absolute atomic E-state index is 0.0733. The summed E-state index contributed by atoms with van der Waals surface area (Å²) in [5.74, 6) is 0.568. The maximum atomic E-state index is 10.5. The van der Waals surface area contributed by atoms with Crippen molar-refractivity contribution in [3.8, 4) is 0 Å². The summed E-state index contributed by atoms with van der Waals surface area (Å²) in [6, 6.07) is 0. The summed E-state index contributed by atoms with van der Waals surface area (Å²) >= 11 is 0. The molecule has 18 heavy (non-hydrogen) atoms. The zero-order valence-electron chi connectivity index (χ0n) is 10.6. The lowest BCUT2D eigenvalue weighted by Gasteiger charge is -2.39. The Balaban J connectivity index is 2.03. The van der Waals surface area contributed by atoms with Crippen LogP contribution < -0.4 is 10.2 Å². The minimum Gasteiger partial charge on any atom is -0.341 e. The molecule has 98 valence electrons. The zero-order valence-corrected chi connectivity index (χ0v) is 10.6. The molecule has 1 fully saturated rings. The molecule has 2 rings (SSSR count). The molecule has 0 bridgehead atoms. The van der Waals surface area contributed by atoms with Crippen molar-refractivity contribution < 1.29 is 4.92 Å². The van der Waals surface area contributed by atoms with Gasteiger partial charge in [0.15, 0.2) is 0 Å². The summed E-state index contributed by atoms with van der Waals surface area (Å²) in [5, 5.41) is 13.8. The van der Waals surface area contributed by atoms with E-state index in [9.17, 15) is 10.1 Å². The summed E-state index contributed by atoms with van der Waals surface area (Å²) < 4.78 is 0. The number of anilines is 1. The first-order valence-corrected chi connectivity index (χ1v) is 5.94. The van der Waals surface area contributed by atoms with Crippen LogP contribution in [-0.2, 0) is 0 Å². The van der Waals surface area contributed by atoms with Crippen LogP contribution in [0, 0.1) is 10.1 Å². The second kappa shape index (κ2) is 4.85. The average Bonchev–Trinajstić information content (AvgIpc) is 2.40. The van der Waals surface area contributed by atoms with Gasteiger partial charge in [0, 0.05) is 18.6 Å². The number of nitrogens with one attached hydrogen (secondary N) is 1. The topological polar surface area (TPSA) is 84.2 Å². The van der Waals surface area contributed by atoms with Gasteiger partial charge in [0.2, 0.25) is 5.95 Å². The largest absolute Gasteiger partial charge is 0.341 e. The van der Waals surface area contributed by atoms with Crippen LogP contribution in [0.2, 0.25) is 0 Å². The third-order valence-electron chi connectivity index (χ3n) is 3.59. The highest BCUT2D eigenvalue weighted by Gasteiger charge is 2.29. The molecule has 1 aromatic rings. The van der Waals surface area contributed by atoms with E-state index in [4.69, 9.17) is 0 Å². The van der Waals surface area contributed by atoms with Gasteiger partial charge in [-0.2, -0.15) is 0 Å². The molecule has 0 aromatic carbocycles. The molecule has 0 spiro atoms. The molecule has 1 aliphatic heterocycles. The standard InChI is InChI=1S/C11H17N5O2/c1-11(12-2)3-5-15(6-4-11)10-13-7-9(8-14-10)16(17)18/h7-8,12H,3-6H2,1-2H3. The molecule has 0 radical (unpaired) electrons. The van der Waals surface area contributed by atoms with E-state index in [1.165, 1.54) is 12.4 Å². The van der Waals surface area contributed by atoms with Crippen molar-refractivity contribution in [1.29, 1.82) is 0 Å². The molecule has 1 N–H and O–H groups in total. The van der Waals surface area contributed by atoms with Crippen molar-refractivity contribution in [2.45, 2.75) is 25.3 Å². The Morgan fingerprint density at radius 2 is 1.94 bits per heavy atom. The molecular weight excluding hydrogens is 234 g/mol. The average molecular weight is 251 g/mol. The number of hydrogen-bond donors (Lipinski definition) is 1. The maximum Gasteiger partial charge on any atom is 0.305 e. The van der Waals surface area contributed by atoms with Crippen LogP contribution in [0.25, 0.3) is 0 Å². The first-order valence-electron chi connectivity index (χ1n) is 5.94. The fraction of sp³-hybridized carbons (Fsp3) is 0.636. The van der Waals surface area contributed by atoms with Crippen LogP contribution in [0.3, 0.4) is 0 Å². The van der Waals surface area contributed by atoms with E-state index >= 15 is 0 Å². The maximum absolute atomic E-state index is 10.5. The predicted molar refractivity (Wildman–Crippen MR) is 67.6 cm³/mol. The third kappa shape index (κ3) is 2.56. The van der Waals surface area contributed by atoms with E-state index in [-0.39, 0.29) is 11.2 Å². The lowest BCUT2D eigenvalue weighted by atomic mass is 9.90. The number of piperidine rings is 1. The Labute approximate surface area is 105 Å². The highest BCUT2D eigenvalue weighted by Crippen LogP contribution is 2.23. The second-order valence-electron chi connectivity index (χ2n) is 4.80. The van der Waals surface area contributed by atoms with Gasteiger partial charge in [0.25, 0.3) is 0 Å². The highest BCUT2D eigenvalue weighted by molar-refractivity contribution is 5.34. The first kappa shape index (κ1) is 12.7. The molecular formula is C11H17N5O2. The Kier molecular flexibility index (Phi) is 3.42. The minimum atomic E-state index is -0.488. The van der Waals surface area contributed by atoms with E-state index in [2.05, 4.69) is 27.1 Å².